The van der Waals surface area contributed by atoms with Crippen LogP contribution in [0.15, 0.2) is 12.3 Å². The number of nitrogens with one attached hydrogen (secondary N) is 1. The van der Waals surface area contributed by atoms with Gasteiger partial charge in [-0.2, -0.15) is 5.10 Å². The van der Waals surface area contributed by atoms with Crippen molar-refractivity contribution in [3.05, 3.63) is 18.0 Å². The summed E-state index contributed by atoms with van der Waals surface area (Å²) in [5.41, 5.74) is 1.14. The third kappa shape index (κ3) is 5.23. The van der Waals surface area contributed by atoms with Crippen LogP contribution in [0.25, 0.3) is 0 Å². The van der Waals surface area contributed by atoms with Crippen molar-refractivity contribution in [3.63, 3.8) is 0 Å². The van der Waals surface area contributed by atoms with E-state index >= 15 is 0 Å². The van der Waals surface area contributed by atoms with Gasteiger partial charge in [-0.05, 0) is 31.9 Å². The Labute approximate surface area is 121 Å². The van der Waals surface area contributed by atoms with Gasteiger partial charge in [-0.15, -0.1) is 0 Å². The average molecular weight is 281 g/mol. The predicted octanol–water partition coefficient (Wildman–Crippen LogP) is 2.14. The summed E-state index contributed by atoms with van der Waals surface area (Å²) in [6.45, 7) is 3.95. The lowest BCUT2D eigenvalue weighted by Crippen LogP contribution is -2.17. The summed E-state index contributed by atoms with van der Waals surface area (Å²) in [5, 5.41) is 8.07. The van der Waals surface area contributed by atoms with E-state index in [1.807, 2.05) is 0 Å². The van der Waals surface area contributed by atoms with Crippen LogP contribution in [0.1, 0.15) is 43.8 Å². The summed E-state index contributed by atoms with van der Waals surface area (Å²) < 4.78 is 12.5. The Kier molecular flexibility index (Phi) is 7.05. The summed E-state index contributed by atoms with van der Waals surface area (Å²) in [7, 11) is 1.69. The molecule has 1 aliphatic rings. The van der Waals surface area contributed by atoms with E-state index in [1.165, 1.54) is 25.7 Å². The molecule has 0 aliphatic heterocycles. The molecule has 0 bridgehead atoms. The van der Waals surface area contributed by atoms with Crippen LogP contribution in [-0.4, -0.2) is 43.3 Å². The number of rotatable bonds is 10. The van der Waals surface area contributed by atoms with Gasteiger partial charge in [-0.25, -0.2) is 0 Å². The molecule has 0 spiro atoms. The van der Waals surface area contributed by atoms with Crippen LogP contribution in [-0.2, 0) is 16.0 Å². The Morgan fingerprint density at radius 2 is 2.15 bits per heavy atom. The van der Waals surface area contributed by atoms with E-state index in [0.29, 0.717) is 19.3 Å². The third-order valence-electron chi connectivity index (χ3n) is 3.74. The Morgan fingerprint density at radius 3 is 2.95 bits per heavy atom. The van der Waals surface area contributed by atoms with E-state index in [0.717, 1.165) is 31.8 Å². The monoisotopic (exact) mass is 281 g/mol. The lowest BCUT2D eigenvalue weighted by Gasteiger charge is -2.09. The number of ether oxygens (including phenoxy) is 2. The first kappa shape index (κ1) is 15.5. The summed E-state index contributed by atoms with van der Waals surface area (Å²) in [4.78, 5) is 0. The Morgan fingerprint density at radius 1 is 1.30 bits per heavy atom. The van der Waals surface area contributed by atoms with Crippen molar-refractivity contribution in [1.29, 1.82) is 0 Å². The molecule has 0 radical (unpaired) electrons. The molecule has 1 aromatic rings. The van der Waals surface area contributed by atoms with E-state index in [9.17, 15) is 0 Å². The molecule has 0 aromatic carbocycles. The van der Waals surface area contributed by atoms with E-state index in [1.54, 1.807) is 7.11 Å². The molecule has 1 fully saturated rings. The first-order chi connectivity index (χ1) is 9.90. The quantitative estimate of drug-likeness (QED) is 0.668. The first-order valence-corrected chi connectivity index (χ1v) is 7.71. The third-order valence-corrected chi connectivity index (χ3v) is 3.74. The number of aromatic nitrogens is 2. The van der Waals surface area contributed by atoms with Crippen molar-refractivity contribution in [1.82, 2.24) is 15.1 Å². The highest BCUT2D eigenvalue weighted by atomic mass is 16.5. The molecule has 0 atom stereocenters. The van der Waals surface area contributed by atoms with Crippen LogP contribution in [0.5, 0.6) is 0 Å². The molecule has 5 nitrogen and oxygen atoms in total. The Hall–Kier alpha value is -0.910. The minimum atomic E-state index is 0.637. The van der Waals surface area contributed by atoms with Crippen molar-refractivity contribution < 1.29 is 9.47 Å². The van der Waals surface area contributed by atoms with E-state index in [2.05, 4.69) is 27.4 Å². The fraction of sp³-hybridized carbons (Fsp3) is 0.800. The van der Waals surface area contributed by atoms with Crippen molar-refractivity contribution >= 4 is 0 Å². The summed E-state index contributed by atoms with van der Waals surface area (Å²) in [5.74, 6) is 0. The molecule has 0 unspecified atom stereocenters. The van der Waals surface area contributed by atoms with Gasteiger partial charge in [0.2, 0.25) is 0 Å². The van der Waals surface area contributed by atoms with Crippen LogP contribution < -0.4 is 5.32 Å². The zero-order valence-corrected chi connectivity index (χ0v) is 12.5. The molecule has 1 N–H and O–H groups in total. The van der Waals surface area contributed by atoms with Crippen LogP contribution in [0, 0.1) is 0 Å². The Balaban J connectivity index is 1.53. The molecule has 0 saturated heterocycles. The second-order valence-electron chi connectivity index (χ2n) is 5.36. The minimum absolute atomic E-state index is 0.637. The summed E-state index contributed by atoms with van der Waals surface area (Å²) in [6, 6.07) is 2.76. The van der Waals surface area contributed by atoms with Gasteiger partial charge in [0, 0.05) is 26.5 Å². The second-order valence-corrected chi connectivity index (χ2v) is 5.36. The second kappa shape index (κ2) is 9.10. The zero-order chi connectivity index (χ0) is 14.0. The normalized spacial score (nSPS) is 16.1. The van der Waals surface area contributed by atoms with E-state index in [-0.39, 0.29) is 0 Å². The van der Waals surface area contributed by atoms with Crippen molar-refractivity contribution in [2.45, 2.75) is 44.7 Å². The molecule has 1 aliphatic carbocycles. The van der Waals surface area contributed by atoms with E-state index in [4.69, 9.17) is 9.47 Å². The molecule has 0 amide bonds. The molecule has 1 aromatic heterocycles. The van der Waals surface area contributed by atoms with Crippen molar-refractivity contribution in [2.24, 2.45) is 0 Å². The van der Waals surface area contributed by atoms with Gasteiger partial charge < -0.3 is 14.8 Å². The maximum absolute atomic E-state index is 5.41. The molecular weight excluding hydrogens is 254 g/mol. The standard InChI is InChI=1S/C15H27N3O2/c1-19-11-12-20-10-4-8-16-13-14-7-9-18(17-14)15-5-2-3-6-15/h7,9,15-16H,2-6,8,10-13H2,1H3. The highest BCUT2D eigenvalue weighted by Crippen LogP contribution is 2.28. The average Bonchev–Trinajstić information content (AvgIpc) is 3.12. The number of nitrogens with zero attached hydrogens (tertiary/aromatic N) is 2. The van der Waals surface area contributed by atoms with Gasteiger partial charge in [0.25, 0.3) is 0 Å². The highest BCUT2D eigenvalue weighted by Gasteiger charge is 2.17. The number of hydrogen-bond donors (Lipinski definition) is 1. The Bertz CT molecular complexity index is 362. The van der Waals surface area contributed by atoms with Gasteiger partial charge in [0.1, 0.15) is 0 Å². The molecule has 2 rings (SSSR count). The fourth-order valence-corrected chi connectivity index (χ4v) is 2.60. The summed E-state index contributed by atoms with van der Waals surface area (Å²) in [6.07, 6.45) is 8.41. The van der Waals surface area contributed by atoms with Crippen molar-refractivity contribution in [2.75, 3.05) is 33.5 Å². The smallest absolute Gasteiger partial charge is 0.0762 e. The maximum Gasteiger partial charge on any atom is 0.0762 e. The topological polar surface area (TPSA) is 48.3 Å². The minimum Gasteiger partial charge on any atom is -0.382 e. The lowest BCUT2D eigenvalue weighted by atomic mass is 10.3. The molecular formula is C15H27N3O2. The predicted molar refractivity (Wildman–Crippen MR) is 78.8 cm³/mol. The van der Waals surface area contributed by atoms with Gasteiger partial charge >= 0.3 is 0 Å². The molecule has 1 heterocycles. The molecule has 20 heavy (non-hydrogen) atoms. The van der Waals surface area contributed by atoms with Crippen LogP contribution in [0.4, 0.5) is 0 Å². The SMILES string of the molecule is COCCOCCCNCc1ccn(C2CCCC2)n1. The van der Waals surface area contributed by atoms with Crippen molar-refractivity contribution in [3.8, 4) is 0 Å². The van der Waals surface area contributed by atoms with Gasteiger partial charge in [-0.3, -0.25) is 4.68 Å². The number of methoxy groups -OCH3 is 1. The molecule has 1 saturated carbocycles. The van der Waals surface area contributed by atoms with Crippen LogP contribution >= 0.6 is 0 Å². The van der Waals surface area contributed by atoms with Gasteiger partial charge in [-0.1, -0.05) is 12.8 Å². The fourth-order valence-electron chi connectivity index (χ4n) is 2.60. The van der Waals surface area contributed by atoms with Crippen LogP contribution in [0.2, 0.25) is 0 Å². The van der Waals surface area contributed by atoms with E-state index < -0.39 is 0 Å². The van der Waals surface area contributed by atoms with Crippen LogP contribution in [0.3, 0.4) is 0 Å². The molecule has 5 heteroatoms. The van der Waals surface area contributed by atoms with Gasteiger partial charge in [0.15, 0.2) is 0 Å². The zero-order valence-electron chi connectivity index (χ0n) is 12.5. The number of hydrogen-bond acceptors (Lipinski definition) is 4. The maximum atomic E-state index is 5.41. The lowest BCUT2D eigenvalue weighted by molar-refractivity contribution is 0.0694. The van der Waals surface area contributed by atoms with Gasteiger partial charge in [0.05, 0.1) is 24.9 Å². The molecule has 114 valence electrons. The highest BCUT2D eigenvalue weighted by molar-refractivity contribution is 4.99. The summed E-state index contributed by atoms with van der Waals surface area (Å²) >= 11 is 0. The first-order valence-electron chi connectivity index (χ1n) is 7.71. The largest absolute Gasteiger partial charge is 0.382 e.